The molecule has 0 radical (unpaired) electrons. The monoisotopic (exact) mass is 407 g/mol. The van der Waals surface area contributed by atoms with Crippen molar-refractivity contribution in [3.8, 4) is 17.2 Å². The van der Waals surface area contributed by atoms with Gasteiger partial charge in [0.05, 0.1) is 0 Å². The standard InChI is InChI=1S/C24H19F2NO3/c1-13-8-14(21(26)12-20(13)25)9-15(28)10-19-23-18-11-17(2-3-22(18)30-24(19)23)29-16-4-6-27-7-5-16/h2-8,11-12,19,23-24H,9-10H2,1H3/t19-,23-,24+/m0/s1. The molecule has 2 heterocycles. The summed E-state index contributed by atoms with van der Waals surface area (Å²) in [6, 6.07) is 11.5. The number of hydrogen-bond donors (Lipinski definition) is 0. The molecule has 3 atom stereocenters. The molecule has 0 amide bonds. The van der Waals surface area contributed by atoms with Crippen LogP contribution < -0.4 is 9.47 Å². The Morgan fingerprint density at radius 3 is 2.67 bits per heavy atom. The molecule has 5 rings (SSSR count). The first kappa shape index (κ1) is 18.7. The molecule has 0 N–H and O–H groups in total. The number of fused-ring (bicyclic) bond motifs is 3. The first-order chi connectivity index (χ1) is 14.5. The van der Waals surface area contributed by atoms with Gasteiger partial charge in [-0.05, 0) is 54.4 Å². The molecule has 6 heteroatoms. The molecule has 4 nitrogen and oxygen atoms in total. The van der Waals surface area contributed by atoms with E-state index in [1.165, 1.54) is 6.07 Å². The minimum Gasteiger partial charge on any atom is -0.489 e. The summed E-state index contributed by atoms with van der Waals surface area (Å²) in [6.45, 7) is 1.56. The van der Waals surface area contributed by atoms with E-state index >= 15 is 0 Å². The highest BCUT2D eigenvalue weighted by molar-refractivity contribution is 5.82. The van der Waals surface area contributed by atoms with Gasteiger partial charge in [0.2, 0.25) is 0 Å². The van der Waals surface area contributed by atoms with Gasteiger partial charge in [0, 0.05) is 48.7 Å². The molecule has 1 aliphatic heterocycles. The van der Waals surface area contributed by atoms with E-state index in [-0.39, 0.29) is 35.7 Å². The van der Waals surface area contributed by atoms with Crippen molar-refractivity contribution in [3.05, 3.63) is 83.2 Å². The van der Waals surface area contributed by atoms with Gasteiger partial charge in [-0.3, -0.25) is 9.78 Å². The SMILES string of the molecule is Cc1cc(CC(=O)C[C@@H]2[C@H]3Oc4ccc(Oc5ccncc5)cc4[C@@H]23)c(F)cc1F. The maximum absolute atomic E-state index is 14.0. The molecular weight excluding hydrogens is 388 g/mol. The summed E-state index contributed by atoms with van der Waals surface area (Å²) < 4.78 is 39.2. The normalized spacial score (nSPS) is 20.8. The van der Waals surface area contributed by atoms with Gasteiger partial charge in [0.25, 0.3) is 0 Å². The second-order valence-corrected chi connectivity index (χ2v) is 7.87. The lowest BCUT2D eigenvalue weighted by molar-refractivity contribution is -0.119. The van der Waals surface area contributed by atoms with Crippen LogP contribution in [0, 0.1) is 24.5 Å². The van der Waals surface area contributed by atoms with Crippen LogP contribution in [0.3, 0.4) is 0 Å². The molecule has 1 fully saturated rings. The molecule has 3 aromatic rings. The smallest absolute Gasteiger partial charge is 0.137 e. The van der Waals surface area contributed by atoms with Crippen molar-refractivity contribution in [2.45, 2.75) is 31.8 Å². The van der Waals surface area contributed by atoms with E-state index in [9.17, 15) is 13.6 Å². The number of nitrogens with zero attached hydrogens (tertiary/aromatic N) is 1. The summed E-state index contributed by atoms with van der Waals surface area (Å²) in [7, 11) is 0. The number of ether oxygens (including phenoxy) is 2. The number of rotatable bonds is 6. The van der Waals surface area contributed by atoms with Gasteiger partial charge in [0.1, 0.15) is 40.8 Å². The van der Waals surface area contributed by atoms with E-state index in [1.807, 2.05) is 18.2 Å². The van der Waals surface area contributed by atoms with Crippen LogP contribution >= 0.6 is 0 Å². The zero-order valence-electron chi connectivity index (χ0n) is 16.3. The Bertz CT molecular complexity index is 1130. The maximum atomic E-state index is 14.0. The number of aryl methyl sites for hydroxylation is 1. The lowest BCUT2D eigenvalue weighted by Crippen LogP contribution is -2.10. The lowest BCUT2D eigenvalue weighted by atomic mass is 10.00. The number of pyridine rings is 1. The number of Topliss-reactive ketones (excluding diaryl/α,β-unsaturated/α-hetero) is 1. The summed E-state index contributed by atoms with van der Waals surface area (Å²) in [4.78, 5) is 16.5. The van der Waals surface area contributed by atoms with Gasteiger partial charge in [0.15, 0.2) is 0 Å². The zero-order valence-corrected chi connectivity index (χ0v) is 16.3. The molecule has 1 aromatic heterocycles. The first-order valence-electron chi connectivity index (χ1n) is 9.84. The van der Waals surface area contributed by atoms with Crippen LogP contribution in [-0.4, -0.2) is 16.9 Å². The second kappa shape index (κ2) is 7.20. The third-order valence-corrected chi connectivity index (χ3v) is 5.76. The van der Waals surface area contributed by atoms with Gasteiger partial charge in [-0.25, -0.2) is 8.78 Å². The van der Waals surface area contributed by atoms with Crippen LogP contribution in [0.25, 0.3) is 0 Å². The highest BCUT2D eigenvalue weighted by Crippen LogP contribution is 2.60. The molecule has 1 aliphatic carbocycles. The summed E-state index contributed by atoms with van der Waals surface area (Å²) in [5.74, 6) is 1.07. The quantitative estimate of drug-likeness (QED) is 0.568. The van der Waals surface area contributed by atoms with E-state index in [0.717, 1.165) is 17.4 Å². The maximum Gasteiger partial charge on any atom is 0.137 e. The summed E-state index contributed by atoms with van der Waals surface area (Å²) in [6.07, 6.45) is 3.56. The average molecular weight is 407 g/mol. The Morgan fingerprint density at radius 2 is 1.87 bits per heavy atom. The van der Waals surface area contributed by atoms with Crippen LogP contribution in [0.1, 0.15) is 29.0 Å². The van der Waals surface area contributed by atoms with Crippen LogP contribution in [0.4, 0.5) is 8.78 Å². The van der Waals surface area contributed by atoms with Gasteiger partial charge in [-0.1, -0.05) is 0 Å². The van der Waals surface area contributed by atoms with Gasteiger partial charge < -0.3 is 9.47 Å². The van der Waals surface area contributed by atoms with Crippen molar-refractivity contribution in [2.24, 2.45) is 5.92 Å². The first-order valence-corrected chi connectivity index (χ1v) is 9.84. The van der Waals surface area contributed by atoms with Gasteiger partial charge in [-0.15, -0.1) is 0 Å². The molecule has 1 saturated carbocycles. The highest BCUT2D eigenvalue weighted by atomic mass is 19.1. The van der Waals surface area contributed by atoms with E-state index in [2.05, 4.69) is 4.98 Å². The van der Waals surface area contributed by atoms with Gasteiger partial charge >= 0.3 is 0 Å². The van der Waals surface area contributed by atoms with Crippen LogP contribution in [0.5, 0.6) is 17.2 Å². The predicted octanol–water partition coefficient (Wildman–Crippen LogP) is 5.14. The number of carbonyl (C=O) groups excluding carboxylic acids is 1. The van der Waals surface area contributed by atoms with E-state index in [0.29, 0.717) is 23.5 Å². The average Bonchev–Trinajstić information content (AvgIpc) is 3.23. The fraction of sp³-hybridized carbons (Fsp3) is 0.250. The largest absolute Gasteiger partial charge is 0.489 e. The fourth-order valence-electron chi connectivity index (χ4n) is 4.20. The van der Waals surface area contributed by atoms with E-state index in [1.54, 1.807) is 31.5 Å². The van der Waals surface area contributed by atoms with Crippen LogP contribution in [0.15, 0.2) is 54.9 Å². The number of halogens is 2. The van der Waals surface area contributed by atoms with Crippen LogP contribution in [0.2, 0.25) is 0 Å². The zero-order chi connectivity index (χ0) is 20.8. The summed E-state index contributed by atoms with van der Waals surface area (Å²) >= 11 is 0. The summed E-state index contributed by atoms with van der Waals surface area (Å²) in [5.41, 5.74) is 1.61. The van der Waals surface area contributed by atoms with Gasteiger partial charge in [-0.2, -0.15) is 0 Å². The molecule has 0 bridgehead atoms. The molecule has 152 valence electrons. The van der Waals surface area contributed by atoms with E-state index in [4.69, 9.17) is 9.47 Å². The number of hydrogen-bond acceptors (Lipinski definition) is 4. The Labute approximate surface area is 172 Å². The van der Waals surface area contributed by atoms with Crippen molar-refractivity contribution in [1.82, 2.24) is 4.98 Å². The molecule has 0 unspecified atom stereocenters. The molecular formula is C24H19F2NO3. The Hall–Kier alpha value is -3.28. The molecule has 0 spiro atoms. The fourth-order valence-corrected chi connectivity index (χ4v) is 4.20. The molecule has 30 heavy (non-hydrogen) atoms. The van der Waals surface area contributed by atoms with Crippen molar-refractivity contribution in [2.75, 3.05) is 0 Å². The predicted molar refractivity (Wildman–Crippen MR) is 106 cm³/mol. The van der Waals surface area contributed by atoms with E-state index < -0.39 is 11.6 Å². The molecule has 2 aliphatic rings. The minimum atomic E-state index is -0.679. The Morgan fingerprint density at radius 1 is 1.07 bits per heavy atom. The molecule has 0 saturated heterocycles. The van der Waals surface area contributed by atoms with Crippen molar-refractivity contribution in [1.29, 1.82) is 0 Å². The topological polar surface area (TPSA) is 48.4 Å². The summed E-state index contributed by atoms with van der Waals surface area (Å²) in [5, 5.41) is 0. The number of benzene rings is 2. The number of ketones is 1. The third kappa shape index (κ3) is 3.43. The number of carbonyl (C=O) groups is 1. The van der Waals surface area contributed by atoms with Crippen molar-refractivity contribution >= 4 is 5.78 Å². The lowest BCUT2D eigenvalue weighted by Gasteiger charge is -2.11. The Balaban J connectivity index is 1.25. The Kier molecular flexibility index (Phi) is 4.50. The second-order valence-electron chi connectivity index (χ2n) is 7.87. The van der Waals surface area contributed by atoms with Crippen LogP contribution in [-0.2, 0) is 11.2 Å². The minimum absolute atomic E-state index is 0.0278. The third-order valence-electron chi connectivity index (χ3n) is 5.76. The van der Waals surface area contributed by atoms with Crippen molar-refractivity contribution < 1.29 is 23.0 Å². The highest BCUT2D eigenvalue weighted by Gasteiger charge is 2.59. The number of aromatic nitrogens is 1. The molecule has 2 aromatic carbocycles. The van der Waals surface area contributed by atoms with Crippen molar-refractivity contribution in [3.63, 3.8) is 0 Å².